The van der Waals surface area contributed by atoms with Gasteiger partial charge in [0.15, 0.2) is 17.3 Å². The SMILES string of the molecule is Cc1ccccc1-c1nc(C(=O)Nc2cnccc2N2CCCC(N)C2)c(N)nc1N. The molecule has 31 heavy (non-hydrogen) atoms. The van der Waals surface area contributed by atoms with Gasteiger partial charge in [0.05, 0.1) is 17.6 Å². The highest BCUT2D eigenvalue weighted by molar-refractivity contribution is 6.07. The van der Waals surface area contributed by atoms with Crippen molar-refractivity contribution in [3.05, 3.63) is 54.0 Å². The lowest BCUT2D eigenvalue weighted by Gasteiger charge is -2.33. The number of nitrogen functional groups attached to an aromatic ring is 2. The van der Waals surface area contributed by atoms with Crippen molar-refractivity contribution in [2.45, 2.75) is 25.8 Å². The summed E-state index contributed by atoms with van der Waals surface area (Å²) in [6, 6.07) is 9.59. The molecule has 1 unspecified atom stereocenters. The van der Waals surface area contributed by atoms with E-state index in [0.29, 0.717) is 17.9 Å². The van der Waals surface area contributed by atoms with Crippen molar-refractivity contribution >= 4 is 28.9 Å². The van der Waals surface area contributed by atoms with Crippen LogP contribution in [0, 0.1) is 6.92 Å². The Hall–Kier alpha value is -3.72. The first kappa shape index (κ1) is 20.5. The minimum absolute atomic E-state index is 0.0117. The number of hydrogen-bond donors (Lipinski definition) is 4. The molecular formula is C22H26N8O. The van der Waals surface area contributed by atoms with Gasteiger partial charge < -0.3 is 27.4 Å². The number of carbonyl (C=O) groups is 1. The number of anilines is 4. The van der Waals surface area contributed by atoms with Gasteiger partial charge in [0, 0.05) is 30.9 Å². The maximum Gasteiger partial charge on any atom is 0.278 e. The molecule has 9 heteroatoms. The molecule has 1 aliphatic rings. The van der Waals surface area contributed by atoms with Crippen LogP contribution >= 0.6 is 0 Å². The zero-order chi connectivity index (χ0) is 22.0. The highest BCUT2D eigenvalue weighted by Crippen LogP contribution is 2.30. The number of piperidine rings is 1. The molecule has 2 aromatic heterocycles. The van der Waals surface area contributed by atoms with Gasteiger partial charge in [-0.2, -0.15) is 0 Å². The van der Waals surface area contributed by atoms with Gasteiger partial charge in [-0.05, 0) is 31.4 Å². The number of nitrogens with one attached hydrogen (secondary N) is 1. The number of nitrogens with zero attached hydrogens (tertiary/aromatic N) is 4. The molecule has 7 N–H and O–H groups in total. The molecule has 1 fully saturated rings. The van der Waals surface area contributed by atoms with E-state index in [2.05, 4.69) is 25.2 Å². The van der Waals surface area contributed by atoms with E-state index in [1.54, 1.807) is 12.4 Å². The number of rotatable bonds is 4. The van der Waals surface area contributed by atoms with Crippen LogP contribution in [0.4, 0.5) is 23.0 Å². The largest absolute Gasteiger partial charge is 0.382 e. The van der Waals surface area contributed by atoms with Crippen molar-refractivity contribution in [3.63, 3.8) is 0 Å². The molecule has 0 spiro atoms. The first-order chi connectivity index (χ1) is 14.9. The minimum atomic E-state index is -0.476. The van der Waals surface area contributed by atoms with Crippen molar-refractivity contribution in [1.82, 2.24) is 15.0 Å². The predicted molar refractivity (Wildman–Crippen MR) is 123 cm³/mol. The van der Waals surface area contributed by atoms with Gasteiger partial charge in [-0.15, -0.1) is 0 Å². The molecule has 160 valence electrons. The Bertz CT molecular complexity index is 1120. The molecule has 1 amide bonds. The summed E-state index contributed by atoms with van der Waals surface area (Å²) in [6.07, 6.45) is 5.28. The third-order valence-electron chi connectivity index (χ3n) is 5.41. The van der Waals surface area contributed by atoms with E-state index >= 15 is 0 Å². The van der Waals surface area contributed by atoms with E-state index in [4.69, 9.17) is 17.2 Å². The lowest BCUT2D eigenvalue weighted by molar-refractivity contribution is 0.102. The first-order valence-corrected chi connectivity index (χ1v) is 10.2. The summed E-state index contributed by atoms with van der Waals surface area (Å²) in [5.41, 5.74) is 21.8. The van der Waals surface area contributed by atoms with Crippen LogP contribution in [0.15, 0.2) is 42.7 Å². The second kappa shape index (κ2) is 8.57. The zero-order valence-corrected chi connectivity index (χ0v) is 17.4. The van der Waals surface area contributed by atoms with Gasteiger partial charge in [0.1, 0.15) is 5.69 Å². The van der Waals surface area contributed by atoms with E-state index in [1.165, 1.54) is 0 Å². The fraction of sp³-hybridized carbons (Fsp3) is 0.273. The van der Waals surface area contributed by atoms with Gasteiger partial charge >= 0.3 is 0 Å². The van der Waals surface area contributed by atoms with Gasteiger partial charge in [-0.1, -0.05) is 24.3 Å². The monoisotopic (exact) mass is 418 g/mol. The number of pyridine rings is 1. The molecule has 0 aliphatic carbocycles. The molecule has 0 bridgehead atoms. The average molecular weight is 419 g/mol. The fourth-order valence-corrected chi connectivity index (χ4v) is 3.84. The molecule has 1 aromatic carbocycles. The maximum absolute atomic E-state index is 13.1. The van der Waals surface area contributed by atoms with Crippen LogP contribution in [0.25, 0.3) is 11.3 Å². The summed E-state index contributed by atoms with van der Waals surface area (Å²) in [5.74, 6) is -0.333. The van der Waals surface area contributed by atoms with Crippen molar-refractivity contribution in [3.8, 4) is 11.3 Å². The Morgan fingerprint density at radius 1 is 1.16 bits per heavy atom. The van der Waals surface area contributed by atoms with E-state index in [9.17, 15) is 4.79 Å². The lowest BCUT2D eigenvalue weighted by atomic mass is 10.1. The van der Waals surface area contributed by atoms with Crippen LogP contribution in [0.3, 0.4) is 0 Å². The van der Waals surface area contributed by atoms with Crippen molar-refractivity contribution < 1.29 is 4.79 Å². The Morgan fingerprint density at radius 3 is 2.74 bits per heavy atom. The van der Waals surface area contributed by atoms with Crippen molar-refractivity contribution in [2.24, 2.45) is 5.73 Å². The number of aryl methyl sites for hydroxylation is 1. The summed E-state index contributed by atoms with van der Waals surface area (Å²) < 4.78 is 0. The number of benzene rings is 1. The third kappa shape index (κ3) is 4.26. The molecule has 1 aliphatic heterocycles. The number of nitrogens with two attached hydrogens (primary N) is 3. The molecule has 0 radical (unpaired) electrons. The summed E-state index contributed by atoms with van der Waals surface area (Å²) in [6.45, 7) is 3.52. The van der Waals surface area contributed by atoms with Crippen LogP contribution < -0.4 is 27.4 Å². The number of aromatic nitrogens is 3. The number of amides is 1. The van der Waals surface area contributed by atoms with E-state index in [0.717, 1.165) is 36.2 Å². The van der Waals surface area contributed by atoms with Crippen LogP contribution in [0.2, 0.25) is 0 Å². The second-order valence-electron chi connectivity index (χ2n) is 7.70. The van der Waals surface area contributed by atoms with E-state index in [-0.39, 0.29) is 23.4 Å². The molecule has 3 aromatic rings. The van der Waals surface area contributed by atoms with Gasteiger partial charge in [-0.3, -0.25) is 9.78 Å². The molecule has 3 heterocycles. The van der Waals surface area contributed by atoms with Crippen LogP contribution in [0.5, 0.6) is 0 Å². The molecule has 9 nitrogen and oxygen atoms in total. The van der Waals surface area contributed by atoms with Crippen molar-refractivity contribution in [2.75, 3.05) is 34.8 Å². The Morgan fingerprint density at radius 2 is 1.97 bits per heavy atom. The Kier molecular flexibility index (Phi) is 5.68. The molecular weight excluding hydrogens is 392 g/mol. The lowest BCUT2D eigenvalue weighted by Crippen LogP contribution is -2.43. The normalized spacial score (nSPS) is 16.2. The topological polar surface area (TPSA) is 149 Å². The summed E-state index contributed by atoms with van der Waals surface area (Å²) in [7, 11) is 0. The molecule has 1 saturated heterocycles. The average Bonchev–Trinajstić information content (AvgIpc) is 2.75. The summed E-state index contributed by atoms with van der Waals surface area (Å²) in [5, 5.41) is 2.89. The molecule has 0 saturated carbocycles. The van der Waals surface area contributed by atoms with Crippen LogP contribution in [0.1, 0.15) is 28.9 Å². The minimum Gasteiger partial charge on any atom is -0.382 e. The van der Waals surface area contributed by atoms with Crippen LogP contribution in [-0.2, 0) is 0 Å². The van der Waals surface area contributed by atoms with Crippen LogP contribution in [-0.4, -0.2) is 40.0 Å². The number of hydrogen-bond acceptors (Lipinski definition) is 8. The van der Waals surface area contributed by atoms with Gasteiger partial charge in [0.2, 0.25) is 0 Å². The number of carbonyl (C=O) groups excluding carboxylic acids is 1. The molecule has 4 rings (SSSR count). The third-order valence-corrected chi connectivity index (χ3v) is 5.41. The van der Waals surface area contributed by atoms with E-state index < -0.39 is 5.91 Å². The smallest absolute Gasteiger partial charge is 0.278 e. The summed E-state index contributed by atoms with van der Waals surface area (Å²) >= 11 is 0. The van der Waals surface area contributed by atoms with Gasteiger partial charge in [-0.25, -0.2) is 9.97 Å². The predicted octanol–water partition coefficient (Wildman–Crippen LogP) is 2.19. The standard InChI is InChI=1S/C22H26N8O/c1-13-5-2-3-7-15(13)18-20(24)29-21(25)19(28-18)22(31)27-16-11-26-9-8-17(16)30-10-4-6-14(23)12-30/h2-3,5,7-9,11,14H,4,6,10,12,23H2,1H3,(H,27,31)(H4,24,25,29). The summed E-state index contributed by atoms with van der Waals surface area (Å²) in [4.78, 5) is 28.1. The fourth-order valence-electron chi connectivity index (χ4n) is 3.84. The van der Waals surface area contributed by atoms with Crippen molar-refractivity contribution in [1.29, 1.82) is 0 Å². The highest BCUT2D eigenvalue weighted by atomic mass is 16.1. The maximum atomic E-state index is 13.1. The second-order valence-corrected chi connectivity index (χ2v) is 7.70. The Balaban J connectivity index is 1.66. The Labute approximate surface area is 180 Å². The first-order valence-electron chi connectivity index (χ1n) is 10.2. The highest BCUT2D eigenvalue weighted by Gasteiger charge is 2.23. The van der Waals surface area contributed by atoms with Gasteiger partial charge in [0.25, 0.3) is 5.91 Å². The molecule has 1 atom stereocenters. The zero-order valence-electron chi connectivity index (χ0n) is 17.4. The quantitative estimate of drug-likeness (QED) is 0.504. The van der Waals surface area contributed by atoms with E-state index in [1.807, 2.05) is 37.3 Å².